The normalized spacial score (nSPS) is 30.2. The number of nitrogens with zero attached hydrogens (tertiary/aromatic N) is 1. The van der Waals surface area contributed by atoms with E-state index in [4.69, 9.17) is 4.98 Å². The molecule has 0 amide bonds. The lowest BCUT2D eigenvalue weighted by molar-refractivity contribution is 0.117. The van der Waals surface area contributed by atoms with Crippen LogP contribution in [-0.2, 0) is 18.4 Å². The van der Waals surface area contributed by atoms with Gasteiger partial charge in [-0.3, -0.25) is 0 Å². The van der Waals surface area contributed by atoms with E-state index in [9.17, 15) is 0 Å². The molecular formula is C18H30N2S. The first-order valence-corrected chi connectivity index (χ1v) is 9.44. The molecule has 1 aromatic heterocycles. The fraction of sp³-hybridized carbons (Fsp3) is 0.833. The Morgan fingerprint density at radius 2 is 1.81 bits per heavy atom. The highest BCUT2D eigenvalue weighted by Crippen LogP contribution is 2.46. The summed E-state index contributed by atoms with van der Waals surface area (Å²) in [7, 11) is 2.14. The largest absolute Gasteiger partial charge is 0.308 e. The van der Waals surface area contributed by atoms with Crippen molar-refractivity contribution < 1.29 is 0 Å². The molecule has 3 heteroatoms. The van der Waals surface area contributed by atoms with Gasteiger partial charge in [0.25, 0.3) is 0 Å². The van der Waals surface area contributed by atoms with Gasteiger partial charge in [0.05, 0.1) is 11.2 Å². The maximum atomic E-state index is 5.06. The minimum absolute atomic E-state index is 0.157. The molecule has 0 aliphatic heterocycles. The van der Waals surface area contributed by atoms with Crippen LogP contribution >= 0.6 is 11.3 Å². The Morgan fingerprint density at radius 3 is 2.38 bits per heavy atom. The summed E-state index contributed by atoms with van der Waals surface area (Å²) >= 11 is 2.00. The minimum atomic E-state index is 0.157. The fourth-order valence-electron chi connectivity index (χ4n) is 4.10. The second kappa shape index (κ2) is 5.66. The first kappa shape index (κ1) is 15.5. The topological polar surface area (TPSA) is 24.9 Å². The van der Waals surface area contributed by atoms with Crippen molar-refractivity contribution >= 4 is 11.3 Å². The van der Waals surface area contributed by atoms with Crippen LogP contribution in [0.5, 0.6) is 0 Å². The lowest BCUT2D eigenvalue weighted by Gasteiger charge is -2.43. The van der Waals surface area contributed by atoms with Crippen molar-refractivity contribution in [1.29, 1.82) is 0 Å². The molecule has 0 spiro atoms. The van der Waals surface area contributed by atoms with Crippen molar-refractivity contribution in [3.63, 3.8) is 0 Å². The predicted octanol–water partition coefficient (Wildman–Crippen LogP) is 4.67. The molecule has 0 aromatic carbocycles. The maximum absolute atomic E-state index is 5.06. The summed E-state index contributed by atoms with van der Waals surface area (Å²) in [5.41, 5.74) is 2.01. The Morgan fingerprint density at radius 1 is 1.14 bits per heavy atom. The molecule has 1 fully saturated rings. The second-order valence-corrected chi connectivity index (χ2v) is 9.15. The van der Waals surface area contributed by atoms with Crippen molar-refractivity contribution in [2.75, 3.05) is 7.05 Å². The summed E-state index contributed by atoms with van der Waals surface area (Å²) in [6.45, 7) is 7.18. The van der Waals surface area contributed by atoms with Crippen molar-refractivity contribution in [1.82, 2.24) is 10.3 Å². The molecule has 2 nitrogen and oxygen atoms in total. The molecule has 0 radical (unpaired) electrons. The van der Waals surface area contributed by atoms with Crippen LogP contribution in [0.4, 0.5) is 0 Å². The number of rotatable bonds is 2. The van der Waals surface area contributed by atoms with E-state index in [1.54, 1.807) is 4.88 Å². The third-order valence-electron chi connectivity index (χ3n) is 5.80. The van der Waals surface area contributed by atoms with Crippen LogP contribution in [0.2, 0.25) is 0 Å². The van der Waals surface area contributed by atoms with Gasteiger partial charge in [-0.2, -0.15) is 0 Å². The van der Waals surface area contributed by atoms with Gasteiger partial charge in [-0.05, 0) is 69.7 Å². The molecular weight excluding hydrogens is 276 g/mol. The maximum Gasteiger partial charge on any atom is 0.113 e. The summed E-state index contributed by atoms with van der Waals surface area (Å²) in [4.78, 5) is 6.63. The van der Waals surface area contributed by atoms with E-state index in [0.29, 0.717) is 5.41 Å². The van der Waals surface area contributed by atoms with Gasteiger partial charge in [0.1, 0.15) is 5.01 Å². The van der Waals surface area contributed by atoms with E-state index < -0.39 is 0 Å². The van der Waals surface area contributed by atoms with E-state index in [1.807, 2.05) is 11.3 Å². The Hall–Kier alpha value is -0.410. The summed E-state index contributed by atoms with van der Waals surface area (Å²) in [5, 5.41) is 5.04. The number of aromatic nitrogens is 1. The molecule has 1 N–H and O–H groups in total. The summed E-state index contributed by atoms with van der Waals surface area (Å²) in [6, 6.07) is 0. The molecule has 2 aliphatic carbocycles. The van der Waals surface area contributed by atoms with E-state index in [2.05, 4.69) is 33.1 Å². The average molecular weight is 307 g/mol. The smallest absolute Gasteiger partial charge is 0.113 e. The number of aryl methyl sites for hydroxylation is 2. The molecule has 1 heterocycles. The van der Waals surface area contributed by atoms with E-state index in [1.165, 1.54) is 62.1 Å². The zero-order valence-electron chi connectivity index (χ0n) is 14.1. The summed E-state index contributed by atoms with van der Waals surface area (Å²) in [6.07, 6.45) is 10.3. The molecule has 21 heavy (non-hydrogen) atoms. The van der Waals surface area contributed by atoms with Crippen LogP contribution in [0.3, 0.4) is 0 Å². The number of hydrogen-bond donors (Lipinski definition) is 1. The number of hydrogen-bond acceptors (Lipinski definition) is 3. The van der Waals surface area contributed by atoms with Gasteiger partial charge < -0.3 is 5.32 Å². The monoisotopic (exact) mass is 306 g/mol. The third kappa shape index (κ3) is 2.92. The van der Waals surface area contributed by atoms with E-state index in [-0.39, 0.29) is 5.54 Å². The molecule has 2 aliphatic rings. The van der Waals surface area contributed by atoms with Crippen LogP contribution in [0.25, 0.3) is 0 Å². The van der Waals surface area contributed by atoms with Crippen LogP contribution in [0, 0.1) is 11.3 Å². The average Bonchev–Trinajstić information content (AvgIpc) is 2.91. The molecule has 118 valence electrons. The van der Waals surface area contributed by atoms with Gasteiger partial charge >= 0.3 is 0 Å². The van der Waals surface area contributed by atoms with Crippen molar-refractivity contribution in [3.8, 4) is 0 Å². The standard InChI is InChI=1S/C18H30N2S/c1-17(2,3)13-9-11-18(19-4,12-10-13)16-20-14-7-5-6-8-15(14)21-16/h13,19H,5-12H2,1-4H3. The van der Waals surface area contributed by atoms with E-state index >= 15 is 0 Å². The molecule has 3 rings (SSSR count). The molecule has 0 saturated heterocycles. The van der Waals surface area contributed by atoms with E-state index in [0.717, 1.165) is 5.92 Å². The third-order valence-corrected chi connectivity index (χ3v) is 7.16. The molecule has 0 unspecified atom stereocenters. The minimum Gasteiger partial charge on any atom is -0.308 e. The van der Waals surface area contributed by atoms with Gasteiger partial charge in [-0.1, -0.05) is 20.8 Å². The van der Waals surface area contributed by atoms with Gasteiger partial charge in [0.15, 0.2) is 0 Å². The van der Waals surface area contributed by atoms with Gasteiger partial charge in [0, 0.05) is 4.88 Å². The van der Waals surface area contributed by atoms with Crippen molar-refractivity contribution in [2.45, 2.75) is 77.7 Å². The Balaban J connectivity index is 1.80. The SMILES string of the molecule is CNC1(c2nc3c(s2)CCCC3)CCC(C(C)(C)C)CC1. The highest BCUT2D eigenvalue weighted by Gasteiger charge is 2.41. The predicted molar refractivity (Wildman–Crippen MR) is 90.9 cm³/mol. The number of fused-ring (bicyclic) bond motifs is 1. The first-order chi connectivity index (χ1) is 9.94. The quantitative estimate of drug-likeness (QED) is 0.858. The lowest BCUT2D eigenvalue weighted by atomic mass is 9.67. The second-order valence-electron chi connectivity index (χ2n) is 8.07. The van der Waals surface area contributed by atoms with Crippen LogP contribution in [-0.4, -0.2) is 12.0 Å². The summed E-state index contributed by atoms with van der Waals surface area (Å²) < 4.78 is 0. The van der Waals surface area contributed by atoms with Crippen molar-refractivity contribution in [2.24, 2.45) is 11.3 Å². The molecule has 1 saturated carbocycles. The molecule has 1 aromatic rings. The lowest BCUT2D eigenvalue weighted by Crippen LogP contribution is -2.44. The highest BCUT2D eigenvalue weighted by atomic mass is 32.1. The van der Waals surface area contributed by atoms with Crippen LogP contribution in [0.1, 0.15) is 74.9 Å². The first-order valence-electron chi connectivity index (χ1n) is 8.62. The number of nitrogens with one attached hydrogen (secondary N) is 1. The zero-order valence-corrected chi connectivity index (χ0v) is 14.9. The number of thiazole rings is 1. The van der Waals surface area contributed by atoms with Crippen LogP contribution in [0.15, 0.2) is 0 Å². The van der Waals surface area contributed by atoms with Gasteiger partial charge in [-0.15, -0.1) is 11.3 Å². The zero-order chi connectivity index (χ0) is 15.1. The van der Waals surface area contributed by atoms with Crippen molar-refractivity contribution in [3.05, 3.63) is 15.6 Å². The Kier molecular flexibility index (Phi) is 4.17. The Bertz CT molecular complexity index is 466. The fourth-order valence-corrected chi connectivity index (χ4v) is 5.51. The Labute approximate surface area is 133 Å². The van der Waals surface area contributed by atoms with Gasteiger partial charge in [0.2, 0.25) is 0 Å². The molecule has 0 bridgehead atoms. The highest BCUT2D eigenvalue weighted by molar-refractivity contribution is 7.11. The summed E-state index contributed by atoms with van der Waals surface area (Å²) in [5.74, 6) is 0.855. The van der Waals surface area contributed by atoms with Gasteiger partial charge in [-0.25, -0.2) is 4.98 Å². The van der Waals surface area contributed by atoms with Crippen LogP contribution < -0.4 is 5.32 Å². The molecule has 0 atom stereocenters.